The number of rotatable bonds is 0. The number of alkyl halides is 1. The Morgan fingerprint density at radius 2 is 2.71 bits per heavy atom. The molecule has 0 aromatic heterocycles. The van der Waals surface area contributed by atoms with E-state index in [1.165, 1.54) is 0 Å². The van der Waals surface area contributed by atoms with Gasteiger partial charge in [0.15, 0.2) is 0 Å². The lowest BCUT2D eigenvalue weighted by molar-refractivity contribution is 0.0986. The van der Waals surface area contributed by atoms with Crippen LogP contribution in [0.5, 0.6) is 0 Å². The van der Waals surface area contributed by atoms with Gasteiger partial charge in [0, 0.05) is 13.1 Å². The van der Waals surface area contributed by atoms with Crippen LogP contribution in [0.1, 0.15) is 0 Å². The summed E-state index contributed by atoms with van der Waals surface area (Å²) in [5.74, 6) is 0. The van der Waals surface area contributed by atoms with Crippen molar-refractivity contribution in [3.8, 4) is 0 Å². The summed E-state index contributed by atoms with van der Waals surface area (Å²) in [4.78, 5) is 0. The molecule has 0 bridgehead atoms. The van der Waals surface area contributed by atoms with Crippen molar-refractivity contribution in [2.75, 3.05) is 13.2 Å². The first-order valence-corrected chi connectivity index (χ1v) is 2.64. The monoisotopic (exact) mass is 120 g/mol. The molecule has 0 aliphatic carbocycles. The lowest BCUT2D eigenvalue weighted by atomic mass is 10.5. The fourth-order valence-corrected chi connectivity index (χ4v) is 0.608. The molecule has 1 radical (unpaired) electrons. The van der Waals surface area contributed by atoms with Gasteiger partial charge in [-0.1, -0.05) is 11.6 Å². The van der Waals surface area contributed by atoms with E-state index in [1.807, 2.05) is 6.54 Å². The number of hydrogen-bond donors (Lipinski definition) is 1. The fourth-order valence-electron chi connectivity index (χ4n) is 0.446. The van der Waals surface area contributed by atoms with Crippen molar-refractivity contribution in [1.82, 2.24) is 5.32 Å². The predicted octanol–water partition coefficient (Wildman–Crippen LogP) is 0.333. The molecule has 1 rings (SSSR count). The van der Waals surface area contributed by atoms with E-state index in [0.717, 1.165) is 6.54 Å². The lowest BCUT2D eigenvalue weighted by Gasteiger charge is -2.16. The van der Waals surface area contributed by atoms with Gasteiger partial charge >= 0.3 is 0 Å². The van der Waals surface area contributed by atoms with Crippen LogP contribution in [-0.4, -0.2) is 18.7 Å². The average Bonchev–Trinajstić information content (AvgIpc) is 1.69. The largest absolute Gasteiger partial charge is 0.359 e. The van der Waals surface area contributed by atoms with Crippen molar-refractivity contribution in [2.45, 2.75) is 5.56 Å². The number of hydrogen-bond acceptors (Lipinski definition) is 2. The molecule has 1 atom stereocenters. The molecule has 7 heavy (non-hydrogen) atoms. The van der Waals surface area contributed by atoms with Gasteiger partial charge in [0.2, 0.25) is 0 Å². The van der Waals surface area contributed by atoms with E-state index < -0.39 is 0 Å². The molecule has 0 spiro atoms. The molecule has 0 amide bonds. The number of morpholine rings is 1. The first-order chi connectivity index (χ1) is 3.39. The minimum absolute atomic E-state index is 0.134. The predicted molar refractivity (Wildman–Crippen MR) is 27.9 cm³/mol. The topological polar surface area (TPSA) is 21.3 Å². The van der Waals surface area contributed by atoms with Crippen molar-refractivity contribution in [3.63, 3.8) is 0 Å². The molecule has 41 valence electrons. The Morgan fingerprint density at radius 1 is 1.86 bits per heavy atom. The molecule has 3 heteroatoms. The standard InChI is InChI=1S/C4H7ClNO/c5-4-3-6-1-2-7-4/h1,4,6H,2-3H2. The maximum atomic E-state index is 5.51. The zero-order valence-corrected chi connectivity index (χ0v) is 4.61. The molecule has 1 heterocycles. The molecule has 0 aromatic carbocycles. The normalized spacial score (nSPS) is 33.0. The number of ether oxygens (including phenoxy) is 1. The van der Waals surface area contributed by atoms with Gasteiger partial charge in [0.05, 0.1) is 6.61 Å². The van der Waals surface area contributed by atoms with Gasteiger partial charge < -0.3 is 10.1 Å². The van der Waals surface area contributed by atoms with Crippen molar-refractivity contribution in [2.24, 2.45) is 0 Å². The van der Waals surface area contributed by atoms with E-state index >= 15 is 0 Å². The lowest BCUT2D eigenvalue weighted by Crippen LogP contribution is -2.31. The van der Waals surface area contributed by atoms with Crippen LogP contribution >= 0.6 is 11.6 Å². The van der Waals surface area contributed by atoms with Crippen LogP contribution in [0.4, 0.5) is 0 Å². The first-order valence-electron chi connectivity index (χ1n) is 2.20. The highest BCUT2D eigenvalue weighted by Crippen LogP contribution is 2.00. The third-order valence-electron chi connectivity index (χ3n) is 0.783. The van der Waals surface area contributed by atoms with E-state index in [4.69, 9.17) is 16.3 Å². The molecular weight excluding hydrogens is 114 g/mol. The fraction of sp³-hybridized carbons (Fsp3) is 0.750. The zero-order valence-electron chi connectivity index (χ0n) is 3.86. The summed E-state index contributed by atoms with van der Waals surface area (Å²) < 4.78 is 4.93. The van der Waals surface area contributed by atoms with Crippen LogP contribution in [0.25, 0.3) is 0 Å². The van der Waals surface area contributed by atoms with E-state index in [9.17, 15) is 0 Å². The summed E-state index contributed by atoms with van der Waals surface area (Å²) in [6.45, 7) is 3.19. The van der Waals surface area contributed by atoms with Crippen LogP contribution < -0.4 is 5.32 Å². The van der Waals surface area contributed by atoms with Crippen LogP contribution in [0.2, 0.25) is 0 Å². The molecule has 0 aromatic rings. The van der Waals surface area contributed by atoms with E-state index in [2.05, 4.69) is 5.32 Å². The second kappa shape index (κ2) is 2.50. The van der Waals surface area contributed by atoms with Gasteiger partial charge in [-0.25, -0.2) is 0 Å². The van der Waals surface area contributed by atoms with Crippen molar-refractivity contribution in [1.29, 1.82) is 0 Å². The molecule has 1 fully saturated rings. The molecule has 1 unspecified atom stereocenters. The second-order valence-corrected chi connectivity index (χ2v) is 1.84. The van der Waals surface area contributed by atoms with Crippen molar-refractivity contribution >= 4 is 11.6 Å². The Labute approximate surface area is 47.8 Å². The number of nitrogens with one attached hydrogen (secondary N) is 1. The van der Waals surface area contributed by atoms with Crippen LogP contribution in [0.3, 0.4) is 0 Å². The molecule has 1 aliphatic heterocycles. The van der Waals surface area contributed by atoms with Gasteiger partial charge in [0.1, 0.15) is 5.56 Å². The highest BCUT2D eigenvalue weighted by molar-refractivity contribution is 6.19. The summed E-state index contributed by atoms with van der Waals surface area (Å²) in [5, 5.41) is 2.95. The van der Waals surface area contributed by atoms with Crippen molar-refractivity contribution < 1.29 is 4.74 Å². The van der Waals surface area contributed by atoms with Gasteiger partial charge in [-0.05, 0) is 0 Å². The summed E-state index contributed by atoms with van der Waals surface area (Å²) in [5.41, 5.74) is -0.134. The summed E-state index contributed by atoms with van der Waals surface area (Å²) in [6, 6.07) is 0. The molecule has 1 saturated heterocycles. The Hall–Kier alpha value is 0.210. The molecule has 1 aliphatic rings. The quantitative estimate of drug-likeness (QED) is 0.466. The van der Waals surface area contributed by atoms with Gasteiger partial charge in [-0.15, -0.1) is 0 Å². The zero-order chi connectivity index (χ0) is 5.11. The SMILES string of the molecule is ClC1CN[CH]CO1. The third-order valence-corrected chi connectivity index (χ3v) is 1.06. The summed E-state index contributed by atoms with van der Waals surface area (Å²) in [7, 11) is 0. The first kappa shape index (κ1) is 5.35. The highest BCUT2D eigenvalue weighted by atomic mass is 35.5. The van der Waals surface area contributed by atoms with Crippen LogP contribution in [-0.2, 0) is 4.74 Å². The highest BCUT2D eigenvalue weighted by Gasteiger charge is 2.07. The Balaban J connectivity index is 2.12. The smallest absolute Gasteiger partial charge is 0.143 e. The minimum atomic E-state index is -0.134. The van der Waals surface area contributed by atoms with E-state index in [0.29, 0.717) is 6.61 Å². The van der Waals surface area contributed by atoms with Gasteiger partial charge in [-0.2, -0.15) is 0 Å². The Bertz CT molecular complexity index is 53.7. The Morgan fingerprint density at radius 3 is 3.00 bits per heavy atom. The van der Waals surface area contributed by atoms with Crippen LogP contribution in [0.15, 0.2) is 0 Å². The third kappa shape index (κ3) is 1.63. The second-order valence-electron chi connectivity index (χ2n) is 1.36. The molecule has 0 saturated carbocycles. The molecular formula is C4H7ClNO. The average molecular weight is 121 g/mol. The number of halogens is 1. The summed E-state index contributed by atoms with van der Waals surface area (Å²) >= 11 is 5.51. The van der Waals surface area contributed by atoms with Crippen LogP contribution in [0, 0.1) is 6.54 Å². The molecule has 2 nitrogen and oxygen atoms in total. The van der Waals surface area contributed by atoms with Gasteiger partial charge in [0.25, 0.3) is 0 Å². The Kier molecular flexibility index (Phi) is 1.91. The van der Waals surface area contributed by atoms with E-state index in [1.54, 1.807) is 0 Å². The van der Waals surface area contributed by atoms with E-state index in [-0.39, 0.29) is 5.56 Å². The van der Waals surface area contributed by atoms with Crippen molar-refractivity contribution in [3.05, 3.63) is 6.54 Å². The molecule has 1 N–H and O–H groups in total. The summed E-state index contributed by atoms with van der Waals surface area (Å²) in [6.07, 6.45) is 0. The maximum absolute atomic E-state index is 5.51. The minimum Gasteiger partial charge on any atom is -0.359 e. The maximum Gasteiger partial charge on any atom is 0.143 e. The van der Waals surface area contributed by atoms with Gasteiger partial charge in [-0.3, -0.25) is 0 Å².